The number of alkyl carbamates (subject to hydrolysis) is 1. The van der Waals surface area contributed by atoms with Crippen LogP contribution >= 0.6 is 23.2 Å². The first-order valence-corrected chi connectivity index (χ1v) is 11.4. The minimum atomic E-state index is -0.679. The average Bonchev–Trinajstić information content (AvgIpc) is 2.75. The summed E-state index contributed by atoms with van der Waals surface area (Å²) in [5.74, 6) is -0.817. The van der Waals surface area contributed by atoms with Crippen LogP contribution in [-0.2, 0) is 20.8 Å². The van der Waals surface area contributed by atoms with E-state index in [0.29, 0.717) is 26.9 Å². The zero-order chi connectivity index (χ0) is 25.0. The van der Waals surface area contributed by atoms with E-state index in [1.165, 1.54) is 7.11 Å². The highest BCUT2D eigenvalue weighted by atomic mass is 35.5. The largest absolute Gasteiger partial charge is 0.467 e. The highest BCUT2D eigenvalue weighted by Crippen LogP contribution is 2.40. The molecule has 182 valence electrons. The summed E-state index contributed by atoms with van der Waals surface area (Å²) in [5.41, 5.74) is 1.71. The SMILES string of the molecule is COC(=O)C1CC(NC(=O)c2cccc(CNC(=O)OC(C)(C)C)c2)c2c(Cl)cc(Cl)cc2N1. The van der Waals surface area contributed by atoms with E-state index in [1.54, 1.807) is 57.2 Å². The molecule has 3 rings (SSSR count). The van der Waals surface area contributed by atoms with Crippen LogP contribution in [-0.4, -0.2) is 36.7 Å². The zero-order valence-electron chi connectivity index (χ0n) is 19.3. The molecule has 1 aliphatic rings. The van der Waals surface area contributed by atoms with Crippen LogP contribution in [0.2, 0.25) is 10.0 Å². The number of esters is 1. The van der Waals surface area contributed by atoms with Crippen LogP contribution in [0.4, 0.5) is 10.5 Å². The summed E-state index contributed by atoms with van der Waals surface area (Å²) in [6.45, 7) is 5.53. The van der Waals surface area contributed by atoms with E-state index in [1.807, 2.05) is 0 Å². The van der Waals surface area contributed by atoms with Gasteiger partial charge in [-0.2, -0.15) is 0 Å². The van der Waals surface area contributed by atoms with E-state index in [-0.39, 0.29) is 18.9 Å². The molecule has 0 spiro atoms. The van der Waals surface area contributed by atoms with Gasteiger partial charge >= 0.3 is 12.1 Å². The van der Waals surface area contributed by atoms with Gasteiger partial charge < -0.3 is 25.4 Å². The van der Waals surface area contributed by atoms with E-state index in [2.05, 4.69) is 16.0 Å². The van der Waals surface area contributed by atoms with E-state index >= 15 is 0 Å². The Morgan fingerprint density at radius 2 is 1.88 bits per heavy atom. The molecule has 1 aliphatic heterocycles. The quantitative estimate of drug-likeness (QED) is 0.499. The topological polar surface area (TPSA) is 106 Å². The van der Waals surface area contributed by atoms with Gasteiger partial charge in [0.1, 0.15) is 11.6 Å². The molecule has 3 N–H and O–H groups in total. The Bertz CT molecular complexity index is 1100. The molecule has 2 aromatic rings. The number of anilines is 1. The number of hydrogen-bond donors (Lipinski definition) is 3. The maximum atomic E-state index is 13.1. The molecule has 2 amide bonds. The molecular weight excluding hydrogens is 481 g/mol. The summed E-state index contributed by atoms with van der Waals surface area (Å²) in [6.07, 6.45) is -0.303. The lowest BCUT2D eigenvalue weighted by atomic mass is 9.92. The van der Waals surface area contributed by atoms with Crippen molar-refractivity contribution in [3.05, 3.63) is 63.1 Å². The van der Waals surface area contributed by atoms with Crippen molar-refractivity contribution in [2.45, 2.75) is 51.4 Å². The molecule has 8 nitrogen and oxygen atoms in total. The normalized spacial score (nSPS) is 17.1. The zero-order valence-corrected chi connectivity index (χ0v) is 20.8. The van der Waals surface area contributed by atoms with Crippen LogP contribution in [0.15, 0.2) is 36.4 Å². The molecular formula is C24H27Cl2N3O5. The summed E-state index contributed by atoms with van der Waals surface area (Å²) in [6, 6.07) is 8.86. The number of ether oxygens (including phenoxy) is 2. The first kappa shape index (κ1) is 25.6. The third-order valence-corrected chi connectivity index (χ3v) is 5.59. The molecule has 0 aromatic heterocycles. The second-order valence-corrected chi connectivity index (χ2v) is 9.73. The Morgan fingerprint density at radius 1 is 1.15 bits per heavy atom. The highest BCUT2D eigenvalue weighted by Gasteiger charge is 2.34. The Labute approximate surface area is 208 Å². The van der Waals surface area contributed by atoms with Crippen LogP contribution in [0.25, 0.3) is 0 Å². The van der Waals surface area contributed by atoms with Crippen molar-refractivity contribution >= 4 is 46.9 Å². The van der Waals surface area contributed by atoms with E-state index in [0.717, 1.165) is 5.56 Å². The van der Waals surface area contributed by atoms with Gasteiger partial charge in [0.25, 0.3) is 5.91 Å². The molecule has 0 bridgehead atoms. The van der Waals surface area contributed by atoms with Gasteiger partial charge in [0.2, 0.25) is 0 Å². The fourth-order valence-corrected chi connectivity index (χ4v) is 4.26. The van der Waals surface area contributed by atoms with Gasteiger partial charge in [0.15, 0.2) is 0 Å². The van der Waals surface area contributed by atoms with Gasteiger partial charge in [-0.1, -0.05) is 35.3 Å². The van der Waals surface area contributed by atoms with Crippen molar-refractivity contribution in [2.75, 3.05) is 12.4 Å². The molecule has 2 aromatic carbocycles. The van der Waals surface area contributed by atoms with Gasteiger partial charge in [0.05, 0.1) is 13.2 Å². The summed E-state index contributed by atoms with van der Waals surface area (Å²) >= 11 is 12.6. The number of nitrogens with one attached hydrogen (secondary N) is 3. The predicted molar refractivity (Wildman–Crippen MR) is 130 cm³/mol. The number of benzene rings is 2. The second kappa shape index (κ2) is 10.5. The standard InChI is InChI=1S/C24H27Cl2N3O5/c1-24(2,3)34-23(32)27-12-13-6-5-7-14(8-13)21(30)29-18-11-19(22(31)33-4)28-17-10-15(25)9-16(26)20(17)18/h5-10,18-19,28H,11-12H2,1-4H3,(H,27,32)(H,29,30). The van der Waals surface area contributed by atoms with Gasteiger partial charge in [-0.15, -0.1) is 0 Å². The second-order valence-electron chi connectivity index (χ2n) is 8.89. The van der Waals surface area contributed by atoms with E-state index < -0.39 is 29.7 Å². The van der Waals surface area contributed by atoms with Gasteiger partial charge in [-0.25, -0.2) is 9.59 Å². The number of methoxy groups -OCH3 is 1. The number of carbonyl (C=O) groups is 3. The fourth-order valence-electron chi connectivity index (χ4n) is 3.64. The van der Waals surface area contributed by atoms with Gasteiger partial charge in [0, 0.05) is 39.8 Å². The lowest BCUT2D eigenvalue weighted by Gasteiger charge is -2.33. The molecule has 0 saturated carbocycles. The maximum absolute atomic E-state index is 13.1. The maximum Gasteiger partial charge on any atom is 0.407 e. The third-order valence-electron chi connectivity index (χ3n) is 5.06. The Balaban J connectivity index is 1.76. The molecule has 1 heterocycles. The molecule has 10 heteroatoms. The van der Waals surface area contributed by atoms with Crippen molar-refractivity contribution in [1.82, 2.24) is 10.6 Å². The molecule has 0 radical (unpaired) electrons. The number of halogens is 2. The molecule has 34 heavy (non-hydrogen) atoms. The number of hydrogen-bond acceptors (Lipinski definition) is 6. The van der Waals surface area contributed by atoms with Crippen molar-refractivity contribution in [2.24, 2.45) is 0 Å². The monoisotopic (exact) mass is 507 g/mol. The minimum Gasteiger partial charge on any atom is -0.467 e. The number of rotatable bonds is 5. The first-order chi connectivity index (χ1) is 16.0. The Morgan fingerprint density at radius 3 is 2.56 bits per heavy atom. The summed E-state index contributed by atoms with van der Waals surface area (Å²) in [4.78, 5) is 37.2. The van der Waals surface area contributed by atoms with Crippen molar-refractivity contribution in [3.63, 3.8) is 0 Å². The number of fused-ring (bicyclic) bond motifs is 1. The first-order valence-electron chi connectivity index (χ1n) is 10.7. The van der Waals surface area contributed by atoms with Crippen LogP contribution in [0.5, 0.6) is 0 Å². The van der Waals surface area contributed by atoms with Crippen LogP contribution in [0, 0.1) is 0 Å². The average molecular weight is 508 g/mol. The van der Waals surface area contributed by atoms with Crippen molar-refractivity contribution in [1.29, 1.82) is 0 Å². The van der Waals surface area contributed by atoms with Crippen molar-refractivity contribution < 1.29 is 23.9 Å². The predicted octanol–water partition coefficient (Wildman–Crippen LogP) is 4.85. The highest BCUT2D eigenvalue weighted by molar-refractivity contribution is 6.35. The van der Waals surface area contributed by atoms with Crippen molar-refractivity contribution in [3.8, 4) is 0 Å². The van der Waals surface area contributed by atoms with Crippen LogP contribution in [0.1, 0.15) is 54.7 Å². The van der Waals surface area contributed by atoms with Gasteiger partial charge in [-0.05, 0) is 50.6 Å². The Hall–Kier alpha value is -2.97. The summed E-state index contributed by atoms with van der Waals surface area (Å²) < 4.78 is 10.1. The van der Waals surface area contributed by atoms with E-state index in [9.17, 15) is 14.4 Å². The van der Waals surface area contributed by atoms with Crippen LogP contribution in [0.3, 0.4) is 0 Å². The number of carbonyl (C=O) groups excluding carboxylic acids is 3. The smallest absolute Gasteiger partial charge is 0.407 e. The lowest BCUT2D eigenvalue weighted by molar-refractivity contribution is -0.141. The van der Waals surface area contributed by atoms with Crippen LogP contribution < -0.4 is 16.0 Å². The summed E-state index contributed by atoms with van der Waals surface area (Å²) in [7, 11) is 1.30. The number of amides is 2. The Kier molecular flexibility index (Phi) is 7.94. The molecule has 2 unspecified atom stereocenters. The molecule has 0 aliphatic carbocycles. The fraction of sp³-hybridized carbons (Fsp3) is 0.375. The van der Waals surface area contributed by atoms with E-state index in [4.69, 9.17) is 32.7 Å². The lowest BCUT2D eigenvalue weighted by Crippen LogP contribution is -2.41. The molecule has 0 saturated heterocycles. The third kappa shape index (κ3) is 6.55. The summed E-state index contributed by atoms with van der Waals surface area (Å²) in [5, 5.41) is 9.48. The molecule has 0 fully saturated rings. The minimum absolute atomic E-state index is 0.195. The molecule has 2 atom stereocenters. The van der Waals surface area contributed by atoms with Gasteiger partial charge in [-0.3, -0.25) is 4.79 Å².